The Morgan fingerprint density at radius 1 is 1.00 bits per heavy atom. The molecule has 46 heavy (non-hydrogen) atoms. The summed E-state index contributed by atoms with van der Waals surface area (Å²) >= 11 is 0. The van der Waals surface area contributed by atoms with E-state index in [2.05, 4.69) is 10.6 Å². The molecule has 2 aliphatic heterocycles. The smallest absolute Gasteiger partial charge is 0.258 e. The van der Waals surface area contributed by atoms with Gasteiger partial charge in [0.05, 0.1) is 17.7 Å². The number of hydrogen-bond donors (Lipinski definition) is 2. The maximum absolute atomic E-state index is 14.8. The number of aryl methyl sites for hydroxylation is 1. The molecule has 2 heterocycles. The molecule has 0 unspecified atom stereocenters. The molecule has 2 aliphatic rings. The van der Waals surface area contributed by atoms with Gasteiger partial charge >= 0.3 is 0 Å². The third-order valence-electron chi connectivity index (χ3n) is 8.57. The number of halogens is 1. The number of nitrogens with zero attached hydrogens (tertiary/aromatic N) is 2. The van der Waals surface area contributed by atoms with Gasteiger partial charge in [0.15, 0.2) is 0 Å². The maximum Gasteiger partial charge on any atom is 0.258 e. The summed E-state index contributed by atoms with van der Waals surface area (Å²) in [6.07, 6.45) is 2.12. The van der Waals surface area contributed by atoms with E-state index in [4.69, 9.17) is 4.74 Å². The lowest BCUT2D eigenvalue weighted by Crippen LogP contribution is -2.54. The molecule has 3 aromatic rings. The molecule has 0 aliphatic carbocycles. The lowest BCUT2D eigenvalue weighted by atomic mass is 10.0. The van der Waals surface area contributed by atoms with Crippen molar-refractivity contribution >= 4 is 23.6 Å². The van der Waals surface area contributed by atoms with E-state index in [1.54, 1.807) is 36.4 Å². The number of fused-ring (bicyclic) bond motifs is 3. The second-order valence-electron chi connectivity index (χ2n) is 12.2. The zero-order valence-electron chi connectivity index (χ0n) is 26.3. The first-order chi connectivity index (χ1) is 22.2. The van der Waals surface area contributed by atoms with E-state index < -0.39 is 29.7 Å². The Kier molecular flexibility index (Phi) is 10.7. The average molecular weight is 629 g/mol. The summed E-state index contributed by atoms with van der Waals surface area (Å²) in [6, 6.07) is 19.7. The minimum atomic E-state index is -0.771. The van der Waals surface area contributed by atoms with Gasteiger partial charge in [-0.3, -0.25) is 19.2 Å². The van der Waals surface area contributed by atoms with Gasteiger partial charge in [0, 0.05) is 25.7 Å². The molecule has 2 bridgehead atoms. The van der Waals surface area contributed by atoms with Crippen LogP contribution in [-0.2, 0) is 22.6 Å². The van der Waals surface area contributed by atoms with Gasteiger partial charge in [-0.15, -0.1) is 0 Å². The fourth-order valence-corrected chi connectivity index (χ4v) is 5.91. The molecular formula is C36H41FN4O5. The van der Waals surface area contributed by atoms with Gasteiger partial charge in [-0.2, -0.15) is 0 Å². The van der Waals surface area contributed by atoms with Gasteiger partial charge in [0.2, 0.25) is 11.8 Å². The molecule has 2 atom stereocenters. The minimum absolute atomic E-state index is 0.0543. The van der Waals surface area contributed by atoms with E-state index in [1.807, 2.05) is 44.2 Å². The Morgan fingerprint density at radius 3 is 2.54 bits per heavy atom. The highest BCUT2D eigenvalue weighted by Gasteiger charge is 2.37. The number of nitrogens with one attached hydrogen (secondary N) is 2. The molecule has 4 amide bonds. The predicted octanol–water partition coefficient (Wildman–Crippen LogP) is 4.35. The van der Waals surface area contributed by atoms with Crippen molar-refractivity contribution in [1.82, 2.24) is 20.4 Å². The van der Waals surface area contributed by atoms with Crippen molar-refractivity contribution in [2.75, 3.05) is 26.2 Å². The number of carbonyl (C=O) groups excluding carboxylic acids is 4. The summed E-state index contributed by atoms with van der Waals surface area (Å²) in [5, 5.41) is 5.94. The Hall–Kier alpha value is -4.73. The van der Waals surface area contributed by atoms with Crippen LogP contribution in [0.2, 0.25) is 0 Å². The van der Waals surface area contributed by atoms with Gasteiger partial charge in [-0.1, -0.05) is 62.4 Å². The Balaban J connectivity index is 1.42. The van der Waals surface area contributed by atoms with Crippen molar-refractivity contribution in [3.05, 3.63) is 101 Å². The van der Waals surface area contributed by atoms with Crippen molar-refractivity contribution < 1.29 is 28.3 Å². The van der Waals surface area contributed by atoms with Crippen LogP contribution in [0.1, 0.15) is 65.0 Å². The molecule has 5 rings (SSSR count). The van der Waals surface area contributed by atoms with Crippen LogP contribution in [0.25, 0.3) is 0 Å². The quantitative estimate of drug-likeness (QED) is 0.437. The number of amides is 4. The van der Waals surface area contributed by atoms with Gasteiger partial charge in [-0.05, 0) is 67.0 Å². The monoisotopic (exact) mass is 628 g/mol. The van der Waals surface area contributed by atoms with Crippen LogP contribution in [0.15, 0.2) is 72.8 Å². The lowest BCUT2D eigenvalue weighted by molar-refractivity contribution is -0.126. The first kappa shape index (κ1) is 32.7. The number of ether oxygens (including phenoxy) is 1. The molecule has 0 aromatic heterocycles. The first-order valence-electron chi connectivity index (χ1n) is 15.9. The zero-order valence-corrected chi connectivity index (χ0v) is 26.3. The molecule has 2 N–H and O–H groups in total. The third kappa shape index (κ3) is 7.91. The van der Waals surface area contributed by atoms with Crippen LogP contribution in [0.4, 0.5) is 4.39 Å². The molecule has 3 aromatic carbocycles. The molecule has 10 heteroatoms. The molecule has 0 spiro atoms. The third-order valence-corrected chi connectivity index (χ3v) is 8.57. The molecular weight excluding hydrogens is 587 g/mol. The SMILES string of the molecule is CC(C)[C@@H]1CN(C(=O)c2ccccc2OCc2ccccc2)CC(=O)NCCCc2ccc(F)c(c2)C(=O)N2CCC[C@H]2C(=O)N1. The average Bonchev–Trinajstić information content (AvgIpc) is 3.56. The largest absolute Gasteiger partial charge is 0.488 e. The van der Waals surface area contributed by atoms with Crippen LogP contribution in [0.5, 0.6) is 5.75 Å². The Morgan fingerprint density at radius 2 is 1.76 bits per heavy atom. The first-order valence-corrected chi connectivity index (χ1v) is 15.9. The normalized spacial score (nSPS) is 19.7. The number of para-hydroxylation sites is 1. The van der Waals surface area contributed by atoms with E-state index in [-0.39, 0.29) is 43.0 Å². The second kappa shape index (κ2) is 15.0. The summed E-state index contributed by atoms with van der Waals surface area (Å²) in [6.45, 7) is 4.61. The second-order valence-corrected chi connectivity index (χ2v) is 12.2. The minimum Gasteiger partial charge on any atom is -0.488 e. The summed E-state index contributed by atoms with van der Waals surface area (Å²) in [5.74, 6) is -1.98. The molecule has 0 radical (unpaired) electrons. The van der Waals surface area contributed by atoms with E-state index >= 15 is 0 Å². The molecule has 1 fully saturated rings. The van der Waals surface area contributed by atoms with Gasteiger partial charge in [0.25, 0.3) is 11.8 Å². The van der Waals surface area contributed by atoms with Gasteiger partial charge in [-0.25, -0.2) is 4.39 Å². The van der Waals surface area contributed by atoms with E-state index in [0.717, 1.165) is 11.1 Å². The van der Waals surface area contributed by atoms with Crippen LogP contribution in [0.3, 0.4) is 0 Å². The van der Waals surface area contributed by atoms with Crippen molar-refractivity contribution in [2.24, 2.45) is 5.92 Å². The fourth-order valence-electron chi connectivity index (χ4n) is 5.91. The van der Waals surface area contributed by atoms with Crippen molar-refractivity contribution in [3.63, 3.8) is 0 Å². The number of carbonyl (C=O) groups is 4. The van der Waals surface area contributed by atoms with Crippen molar-refractivity contribution in [1.29, 1.82) is 0 Å². The molecule has 0 saturated carbocycles. The maximum atomic E-state index is 14.8. The van der Waals surface area contributed by atoms with Crippen molar-refractivity contribution in [2.45, 2.75) is 58.2 Å². The highest BCUT2D eigenvalue weighted by atomic mass is 19.1. The number of rotatable bonds is 5. The molecule has 9 nitrogen and oxygen atoms in total. The van der Waals surface area contributed by atoms with Crippen LogP contribution in [-0.4, -0.2) is 71.7 Å². The van der Waals surface area contributed by atoms with E-state index in [9.17, 15) is 23.6 Å². The fraction of sp³-hybridized carbons (Fsp3) is 0.389. The van der Waals surface area contributed by atoms with E-state index in [1.165, 1.54) is 15.9 Å². The molecule has 1 saturated heterocycles. The topological polar surface area (TPSA) is 108 Å². The summed E-state index contributed by atoms with van der Waals surface area (Å²) in [7, 11) is 0. The lowest BCUT2D eigenvalue weighted by Gasteiger charge is -2.32. The Labute approximate surface area is 269 Å². The highest BCUT2D eigenvalue weighted by molar-refractivity contribution is 5.99. The summed E-state index contributed by atoms with van der Waals surface area (Å²) < 4.78 is 20.9. The van der Waals surface area contributed by atoms with Crippen LogP contribution >= 0.6 is 0 Å². The number of benzene rings is 3. The summed E-state index contributed by atoms with van der Waals surface area (Å²) in [5.41, 5.74) is 1.95. The predicted molar refractivity (Wildman–Crippen MR) is 172 cm³/mol. The van der Waals surface area contributed by atoms with Crippen LogP contribution < -0.4 is 15.4 Å². The van der Waals surface area contributed by atoms with Crippen LogP contribution in [0, 0.1) is 11.7 Å². The van der Waals surface area contributed by atoms with Crippen molar-refractivity contribution in [3.8, 4) is 5.75 Å². The Bertz CT molecular complexity index is 1560. The van der Waals surface area contributed by atoms with Gasteiger partial charge < -0.3 is 25.2 Å². The molecule has 242 valence electrons. The zero-order chi connectivity index (χ0) is 32.6. The summed E-state index contributed by atoms with van der Waals surface area (Å²) in [4.78, 5) is 57.4. The highest BCUT2D eigenvalue weighted by Crippen LogP contribution is 2.25. The van der Waals surface area contributed by atoms with E-state index in [0.29, 0.717) is 50.1 Å². The van der Waals surface area contributed by atoms with Gasteiger partial charge in [0.1, 0.15) is 24.2 Å². The standard InChI is InChI=1S/C36H41FN4O5/c1-24(2)30-21-40(35(44)27-13-6-7-15-32(27)46-23-26-10-4-3-5-11-26)22-33(42)38-18-8-12-25-16-17-29(37)28(20-25)36(45)41-19-9-14-31(41)34(43)39-30/h3-7,10-11,13,15-17,20,24,30-31H,8-9,12,14,18-19,21-23H2,1-2H3,(H,38,42)(H,39,43)/t30-,31-/m0/s1. The number of hydrogen-bond acceptors (Lipinski definition) is 5.